The smallest absolute Gasteiger partial charge is 0.247 e. The number of hydrogen-bond acceptors (Lipinski definition) is 4. The minimum absolute atomic E-state index is 0.116. The Morgan fingerprint density at radius 1 is 1.16 bits per heavy atom. The van der Waals surface area contributed by atoms with Crippen molar-refractivity contribution in [3.05, 3.63) is 82.5 Å². The SMILES string of the molecule is CC[C@H](C(=O)Nc1ccc(C)c(Cl)c1)n1c(SCc2ccc(C)cc2)nc2cccnc21. The number of amides is 1. The van der Waals surface area contributed by atoms with Crippen LogP contribution in [0, 0.1) is 13.8 Å². The van der Waals surface area contributed by atoms with Crippen LogP contribution in [0.5, 0.6) is 0 Å². The van der Waals surface area contributed by atoms with Crippen molar-refractivity contribution < 1.29 is 4.79 Å². The number of imidazole rings is 1. The lowest BCUT2D eigenvalue weighted by atomic mass is 10.2. The summed E-state index contributed by atoms with van der Waals surface area (Å²) < 4.78 is 1.96. The second kappa shape index (κ2) is 9.76. The third-order valence-electron chi connectivity index (χ3n) is 5.35. The Balaban J connectivity index is 1.65. The minimum atomic E-state index is -0.449. The van der Waals surface area contributed by atoms with Crippen molar-refractivity contribution in [2.24, 2.45) is 0 Å². The molecule has 2 aromatic carbocycles. The fraction of sp³-hybridized carbons (Fsp3) is 0.240. The zero-order valence-corrected chi connectivity index (χ0v) is 19.9. The maximum Gasteiger partial charge on any atom is 0.247 e. The Morgan fingerprint density at radius 3 is 2.66 bits per heavy atom. The third-order valence-corrected chi connectivity index (χ3v) is 6.78. The molecule has 32 heavy (non-hydrogen) atoms. The van der Waals surface area contributed by atoms with Gasteiger partial charge in [-0.25, -0.2) is 9.97 Å². The zero-order chi connectivity index (χ0) is 22.7. The van der Waals surface area contributed by atoms with Gasteiger partial charge in [0.05, 0.1) is 0 Å². The van der Waals surface area contributed by atoms with Crippen LogP contribution in [-0.2, 0) is 10.5 Å². The second-order valence-corrected chi connectivity index (χ2v) is 9.11. The molecule has 7 heteroatoms. The number of anilines is 1. The van der Waals surface area contributed by atoms with E-state index in [0.717, 1.165) is 22.0 Å². The van der Waals surface area contributed by atoms with E-state index in [9.17, 15) is 4.79 Å². The number of aromatic nitrogens is 3. The van der Waals surface area contributed by atoms with E-state index in [-0.39, 0.29) is 5.91 Å². The van der Waals surface area contributed by atoms with Crippen LogP contribution in [-0.4, -0.2) is 20.4 Å². The number of benzene rings is 2. The molecule has 164 valence electrons. The van der Waals surface area contributed by atoms with Gasteiger partial charge in [-0.15, -0.1) is 0 Å². The molecular formula is C25H25ClN4OS. The predicted molar refractivity (Wildman–Crippen MR) is 132 cm³/mol. The van der Waals surface area contributed by atoms with Crippen LogP contribution >= 0.6 is 23.4 Å². The number of aryl methyl sites for hydroxylation is 2. The van der Waals surface area contributed by atoms with E-state index in [1.165, 1.54) is 11.1 Å². The van der Waals surface area contributed by atoms with Crippen molar-refractivity contribution in [2.45, 2.75) is 44.1 Å². The first-order chi connectivity index (χ1) is 15.5. The molecule has 0 saturated heterocycles. The molecule has 0 bridgehead atoms. The third kappa shape index (κ3) is 4.81. The molecule has 0 aliphatic heterocycles. The van der Waals surface area contributed by atoms with Gasteiger partial charge in [0.15, 0.2) is 10.8 Å². The maximum absolute atomic E-state index is 13.3. The van der Waals surface area contributed by atoms with E-state index in [0.29, 0.717) is 22.8 Å². The molecule has 0 spiro atoms. The van der Waals surface area contributed by atoms with Crippen LogP contribution in [0.1, 0.15) is 36.1 Å². The Bertz CT molecular complexity index is 1250. The van der Waals surface area contributed by atoms with E-state index in [4.69, 9.17) is 16.6 Å². The largest absolute Gasteiger partial charge is 0.324 e. The molecule has 4 rings (SSSR count). The van der Waals surface area contributed by atoms with Gasteiger partial charge in [-0.05, 0) is 55.7 Å². The quantitative estimate of drug-likeness (QED) is 0.313. The molecule has 0 unspecified atom stereocenters. The van der Waals surface area contributed by atoms with Gasteiger partial charge in [-0.1, -0.05) is 66.2 Å². The van der Waals surface area contributed by atoms with E-state index in [2.05, 4.69) is 41.5 Å². The number of carbonyl (C=O) groups is 1. The van der Waals surface area contributed by atoms with Crippen LogP contribution < -0.4 is 5.32 Å². The molecule has 0 fully saturated rings. The van der Waals surface area contributed by atoms with Crippen LogP contribution in [0.3, 0.4) is 0 Å². The number of hydrogen-bond donors (Lipinski definition) is 1. The molecule has 1 atom stereocenters. The number of carbonyl (C=O) groups excluding carboxylic acids is 1. The fourth-order valence-electron chi connectivity index (χ4n) is 3.51. The van der Waals surface area contributed by atoms with Crippen molar-refractivity contribution in [1.82, 2.24) is 14.5 Å². The highest BCUT2D eigenvalue weighted by atomic mass is 35.5. The highest BCUT2D eigenvalue weighted by Gasteiger charge is 2.25. The molecule has 1 amide bonds. The van der Waals surface area contributed by atoms with Crippen LogP contribution in [0.15, 0.2) is 66.0 Å². The van der Waals surface area contributed by atoms with Crippen molar-refractivity contribution in [3.8, 4) is 0 Å². The second-order valence-electron chi connectivity index (χ2n) is 7.76. The lowest BCUT2D eigenvalue weighted by molar-refractivity contribution is -0.119. The molecule has 1 N–H and O–H groups in total. The highest BCUT2D eigenvalue weighted by molar-refractivity contribution is 7.98. The molecule has 0 aliphatic carbocycles. The van der Waals surface area contributed by atoms with Gasteiger partial charge in [0.2, 0.25) is 5.91 Å². The molecule has 0 radical (unpaired) electrons. The van der Waals surface area contributed by atoms with Crippen LogP contribution in [0.4, 0.5) is 5.69 Å². The lowest BCUT2D eigenvalue weighted by Gasteiger charge is -2.19. The number of halogens is 1. The van der Waals surface area contributed by atoms with Gasteiger partial charge in [-0.2, -0.15) is 0 Å². The average molecular weight is 465 g/mol. The average Bonchev–Trinajstić information content (AvgIpc) is 3.15. The lowest BCUT2D eigenvalue weighted by Crippen LogP contribution is -2.26. The van der Waals surface area contributed by atoms with Crippen LogP contribution in [0.25, 0.3) is 11.2 Å². The van der Waals surface area contributed by atoms with E-state index < -0.39 is 6.04 Å². The number of rotatable bonds is 7. The molecule has 5 nitrogen and oxygen atoms in total. The number of nitrogens with one attached hydrogen (secondary N) is 1. The van der Waals surface area contributed by atoms with E-state index in [1.807, 2.05) is 42.7 Å². The van der Waals surface area contributed by atoms with Crippen molar-refractivity contribution in [3.63, 3.8) is 0 Å². The zero-order valence-electron chi connectivity index (χ0n) is 18.3. The molecule has 4 aromatic rings. The van der Waals surface area contributed by atoms with Gasteiger partial charge in [0.25, 0.3) is 0 Å². The first-order valence-electron chi connectivity index (χ1n) is 10.5. The molecule has 0 saturated carbocycles. The topological polar surface area (TPSA) is 59.8 Å². The van der Waals surface area contributed by atoms with Gasteiger partial charge >= 0.3 is 0 Å². The van der Waals surface area contributed by atoms with E-state index in [1.54, 1.807) is 24.0 Å². The summed E-state index contributed by atoms with van der Waals surface area (Å²) in [5, 5.41) is 4.42. The first-order valence-corrected chi connectivity index (χ1v) is 11.9. The molecule has 0 aliphatic rings. The first kappa shape index (κ1) is 22.4. The standard InChI is InChI=1S/C25H25ClN4OS/c1-4-22(24(31)28-19-12-9-17(3)20(26)14-19)30-23-21(6-5-13-27-23)29-25(30)32-15-18-10-7-16(2)8-11-18/h5-14,22H,4,15H2,1-3H3,(H,28,31)/t22-/m1/s1. The number of thioether (sulfide) groups is 1. The fourth-order valence-corrected chi connectivity index (χ4v) is 4.69. The summed E-state index contributed by atoms with van der Waals surface area (Å²) in [6.07, 6.45) is 2.34. The summed E-state index contributed by atoms with van der Waals surface area (Å²) in [6, 6.07) is 17.3. The Labute approximate surface area is 197 Å². The Hall–Kier alpha value is -2.83. The van der Waals surface area contributed by atoms with Gasteiger partial charge < -0.3 is 5.32 Å². The summed E-state index contributed by atoms with van der Waals surface area (Å²) in [5.41, 5.74) is 5.58. The number of nitrogens with zero attached hydrogens (tertiary/aromatic N) is 3. The van der Waals surface area contributed by atoms with Crippen LogP contribution in [0.2, 0.25) is 5.02 Å². The normalized spacial score (nSPS) is 12.1. The highest BCUT2D eigenvalue weighted by Crippen LogP contribution is 2.31. The molecule has 2 aromatic heterocycles. The van der Waals surface area contributed by atoms with Gasteiger partial charge in [0, 0.05) is 22.7 Å². The minimum Gasteiger partial charge on any atom is -0.324 e. The summed E-state index contributed by atoms with van der Waals surface area (Å²) in [5.74, 6) is 0.643. The Kier molecular flexibility index (Phi) is 6.82. The van der Waals surface area contributed by atoms with E-state index >= 15 is 0 Å². The van der Waals surface area contributed by atoms with Crippen molar-refractivity contribution in [1.29, 1.82) is 0 Å². The number of fused-ring (bicyclic) bond motifs is 1. The molecular weight excluding hydrogens is 440 g/mol. The van der Waals surface area contributed by atoms with Gasteiger partial charge in [-0.3, -0.25) is 9.36 Å². The summed E-state index contributed by atoms with van der Waals surface area (Å²) >= 11 is 7.86. The summed E-state index contributed by atoms with van der Waals surface area (Å²) in [4.78, 5) is 22.6. The van der Waals surface area contributed by atoms with Gasteiger partial charge in [0.1, 0.15) is 11.6 Å². The predicted octanol–water partition coefficient (Wildman–Crippen LogP) is 6.58. The summed E-state index contributed by atoms with van der Waals surface area (Å²) in [7, 11) is 0. The monoisotopic (exact) mass is 464 g/mol. The molecule has 2 heterocycles. The Morgan fingerprint density at radius 2 is 1.94 bits per heavy atom. The maximum atomic E-state index is 13.3. The number of pyridine rings is 1. The van der Waals surface area contributed by atoms with Crippen molar-refractivity contribution >= 4 is 46.1 Å². The van der Waals surface area contributed by atoms with Crippen molar-refractivity contribution in [2.75, 3.05) is 5.32 Å². The summed E-state index contributed by atoms with van der Waals surface area (Å²) in [6.45, 7) is 6.01.